The van der Waals surface area contributed by atoms with Crippen molar-refractivity contribution in [1.82, 2.24) is 10.3 Å². The molecule has 7 nitrogen and oxygen atoms in total. The number of benzene rings is 2. The van der Waals surface area contributed by atoms with E-state index in [1.807, 2.05) is 38.4 Å². The lowest BCUT2D eigenvalue weighted by molar-refractivity contribution is 0.00105. The SMILES string of the molecule is COc1ccc(C2=NNC=NC2(c2ccc(N(C)C)cc2)N2CCOCC2)cc1. The molecule has 0 aliphatic carbocycles. The molecule has 2 heterocycles. The molecule has 2 aliphatic heterocycles. The fraction of sp³-hybridized carbons (Fsp3) is 0.364. The number of hydrazone groups is 1. The number of nitrogens with one attached hydrogen (secondary N) is 1. The molecule has 2 aromatic rings. The summed E-state index contributed by atoms with van der Waals surface area (Å²) in [5.74, 6) is 0.814. The van der Waals surface area contributed by atoms with Gasteiger partial charge in [-0.25, -0.2) is 4.99 Å². The number of ether oxygens (including phenoxy) is 2. The van der Waals surface area contributed by atoms with Crippen molar-refractivity contribution in [2.45, 2.75) is 5.66 Å². The Morgan fingerprint density at radius 3 is 2.34 bits per heavy atom. The molecule has 1 fully saturated rings. The van der Waals surface area contributed by atoms with Crippen molar-refractivity contribution in [2.24, 2.45) is 10.1 Å². The molecular weight excluding hydrogens is 366 g/mol. The van der Waals surface area contributed by atoms with Gasteiger partial charge in [0.15, 0.2) is 5.66 Å². The van der Waals surface area contributed by atoms with Crippen LogP contribution < -0.4 is 15.1 Å². The molecule has 1 saturated heterocycles. The van der Waals surface area contributed by atoms with Crippen LogP contribution in [0.2, 0.25) is 0 Å². The number of hydrogen-bond donors (Lipinski definition) is 1. The Morgan fingerprint density at radius 2 is 1.72 bits per heavy atom. The Hall–Kier alpha value is -2.90. The number of rotatable bonds is 5. The lowest BCUT2D eigenvalue weighted by Crippen LogP contribution is -2.56. The first-order valence-electron chi connectivity index (χ1n) is 9.77. The second-order valence-corrected chi connectivity index (χ2v) is 7.29. The highest BCUT2D eigenvalue weighted by Gasteiger charge is 2.45. The van der Waals surface area contributed by atoms with Gasteiger partial charge in [-0.3, -0.25) is 10.3 Å². The summed E-state index contributed by atoms with van der Waals surface area (Å²) in [7, 11) is 5.75. The molecule has 2 aromatic carbocycles. The fourth-order valence-electron chi connectivity index (χ4n) is 3.87. The molecule has 7 heteroatoms. The lowest BCUT2D eigenvalue weighted by atomic mass is 9.87. The molecule has 4 rings (SSSR count). The third-order valence-electron chi connectivity index (χ3n) is 5.43. The monoisotopic (exact) mass is 393 g/mol. The lowest BCUT2D eigenvalue weighted by Gasteiger charge is -2.44. The van der Waals surface area contributed by atoms with Crippen molar-refractivity contribution in [2.75, 3.05) is 52.4 Å². The van der Waals surface area contributed by atoms with Crippen LogP contribution in [0.4, 0.5) is 5.69 Å². The molecule has 0 amide bonds. The third kappa shape index (κ3) is 3.59. The molecule has 152 valence electrons. The quantitative estimate of drug-likeness (QED) is 0.845. The summed E-state index contributed by atoms with van der Waals surface area (Å²) in [5, 5.41) is 4.70. The molecule has 0 radical (unpaired) electrons. The van der Waals surface area contributed by atoms with Crippen LogP contribution >= 0.6 is 0 Å². The number of methoxy groups -OCH3 is 1. The Kier molecular flexibility index (Phi) is 5.51. The first-order valence-corrected chi connectivity index (χ1v) is 9.77. The Bertz CT molecular complexity index is 886. The van der Waals surface area contributed by atoms with Gasteiger partial charge in [0.25, 0.3) is 0 Å². The van der Waals surface area contributed by atoms with E-state index >= 15 is 0 Å². The predicted octanol–water partition coefficient (Wildman–Crippen LogP) is 2.28. The molecule has 0 bridgehead atoms. The number of nitrogens with zero attached hydrogens (tertiary/aromatic N) is 4. The maximum atomic E-state index is 5.62. The zero-order chi connectivity index (χ0) is 20.3. The van der Waals surface area contributed by atoms with Crippen molar-refractivity contribution < 1.29 is 9.47 Å². The largest absolute Gasteiger partial charge is 0.497 e. The summed E-state index contributed by atoms with van der Waals surface area (Å²) in [4.78, 5) is 9.43. The second kappa shape index (κ2) is 8.23. The Labute approximate surface area is 171 Å². The van der Waals surface area contributed by atoms with Crippen LogP contribution in [-0.2, 0) is 10.4 Å². The average Bonchev–Trinajstić information content (AvgIpc) is 2.79. The second-order valence-electron chi connectivity index (χ2n) is 7.29. The zero-order valence-electron chi connectivity index (χ0n) is 17.1. The highest BCUT2D eigenvalue weighted by molar-refractivity contribution is 6.09. The van der Waals surface area contributed by atoms with Crippen LogP contribution in [0, 0.1) is 0 Å². The minimum atomic E-state index is -0.714. The molecule has 1 N–H and O–H groups in total. The summed E-state index contributed by atoms with van der Waals surface area (Å²) in [6.07, 6.45) is 1.68. The van der Waals surface area contributed by atoms with E-state index in [0.29, 0.717) is 13.2 Å². The summed E-state index contributed by atoms with van der Waals surface area (Å²) in [5.41, 5.74) is 6.33. The topological polar surface area (TPSA) is 61.7 Å². The number of hydrogen-bond acceptors (Lipinski definition) is 7. The van der Waals surface area contributed by atoms with Gasteiger partial charge in [0.1, 0.15) is 17.8 Å². The van der Waals surface area contributed by atoms with Crippen LogP contribution in [0.1, 0.15) is 11.1 Å². The molecule has 2 aliphatic rings. The maximum absolute atomic E-state index is 5.62. The Morgan fingerprint density at radius 1 is 1.03 bits per heavy atom. The van der Waals surface area contributed by atoms with Gasteiger partial charge in [-0.15, -0.1) is 0 Å². The molecule has 0 saturated carbocycles. The average molecular weight is 393 g/mol. The van der Waals surface area contributed by atoms with Crippen molar-refractivity contribution in [1.29, 1.82) is 0 Å². The van der Waals surface area contributed by atoms with Crippen LogP contribution in [0.5, 0.6) is 5.75 Å². The smallest absolute Gasteiger partial charge is 0.185 e. The van der Waals surface area contributed by atoms with E-state index in [1.165, 1.54) is 0 Å². The summed E-state index contributed by atoms with van der Waals surface area (Å²) in [6.45, 7) is 2.91. The van der Waals surface area contributed by atoms with Crippen molar-refractivity contribution in [3.05, 3.63) is 59.7 Å². The van der Waals surface area contributed by atoms with E-state index in [9.17, 15) is 0 Å². The van der Waals surface area contributed by atoms with Crippen molar-refractivity contribution >= 4 is 17.7 Å². The maximum Gasteiger partial charge on any atom is 0.185 e. The highest BCUT2D eigenvalue weighted by atomic mass is 16.5. The van der Waals surface area contributed by atoms with E-state index in [2.05, 4.69) is 39.5 Å². The predicted molar refractivity (Wildman–Crippen MR) is 116 cm³/mol. The standard InChI is InChI=1S/C22H27N5O2/c1-26(2)19-8-6-18(7-9-19)22(27-12-14-29-15-13-27)21(25-24-16-23-22)17-4-10-20(28-3)11-5-17/h4-11,16H,12-15H2,1-3H3,(H,23,24). The zero-order valence-corrected chi connectivity index (χ0v) is 17.1. The van der Waals surface area contributed by atoms with Crippen LogP contribution in [-0.4, -0.2) is 64.5 Å². The van der Waals surface area contributed by atoms with Gasteiger partial charge in [0.2, 0.25) is 0 Å². The van der Waals surface area contributed by atoms with E-state index in [4.69, 9.17) is 19.6 Å². The molecule has 1 atom stereocenters. The first-order chi connectivity index (χ1) is 14.1. The van der Waals surface area contributed by atoms with Gasteiger partial charge in [0.05, 0.1) is 20.3 Å². The van der Waals surface area contributed by atoms with Crippen LogP contribution in [0.15, 0.2) is 58.6 Å². The van der Waals surface area contributed by atoms with Gasteiger partial charge in [0, 0.05) is 44.0 Å². The fourth-order valence-corrected chi connectivity index (χ4v) is 3.87. The number of morpholine rings is 1. The van der Waals surface area contributed by atoms with Crippen molar-refractivity contribution in [3.63, 3.8) is 0 Å². The summed E-state index contributed by atoms with van der Waals surface area (Å²) < 4.78 is 10.9. The van der Waals surface area contributed by atoms with Gasteiger partial charge in [-0.1, -0.05) is 12.1 Å². The number of aliphatic imine (C=N–C) groups is 1. The van der Waals surface area contributed by atoms with Gasteiger partial charge >= 0.3 is 0 Å². The van der Waals surface area contributed by atoms with Gasteiger partial charge in [-0.05, 0) is 36.4 Å². The molecule has 0 aromatic heterocycles. The molecular formula is C22H27N5O2. The summed E-state index contributed by atoms with van der Waals surface area (Å²) >= 11 is 0. The van der Waals surface area contributed by atoms with E-state index in [0.717, 1.165) is 41.4 Å². The minimum absolute atomic E-state index is 0.677. The van der Waals surface area contributed by atoms with Crippen LogP contribution in [0.25, 0.3) is 0 Å². The Balaban J connectivity index is 1.84. The molecule has 29 heavy (non-hydrogen) atoms. The van der Waals surface area contributed by atoms with E-state index in [1.54, 1.807) is 13.4 Å². The minimum Gasteiger partial charge on any atom is -0.497 e. The van der Waals surface area contributed by atoms with Gasteiger partial charge < -0.3 is 14.4 Å². The normalized spacial score (nSPS) is 22.0. The van der Waals surface area contributed by atoms with Crippen molar-refractivity contribution in [3.8, 4) is 5.75 Å². The molecule has 1 unspecified atom stereocenters. The first kappa shape index (κ1) is 19.4. The third-order valence-corrected chi connectivity index (χ3v) is 5.43. The number of anilines is 1. The van der Waals surface area contributed by atoms with E-state index < -0.39 is 5.66 Å². The highest BCUT2D eigenvalue weighted by Crippen LogP contribution is 2.37. The molecule has 0 spiro atoms. The van der Waals surface area contributed by atoms with Gasteiger partial charge in [-0.2, -0.15) is 5.10 Å². The van der Waals surface area contributed by atoms with Crippen LogP contribution in [0.3, 0.4) is 0 Å². The summed E-state index contributed by atoms with van der Waals surface area (Å²) in [6, 6.07) is 16.5. The van der Waals surface area contributed by atoms with E-state index in [-0.39, 0.29) is 0 Å².